The van der Waals surface area contributed by atoms with Crippen molar-refractivity contribution in [2.45, 2.75) is 25.2 Å². The lowest BCUT2D eigenvalue weighted by molar-refractivity contribution is -0.274. The average molecular weight is 354 g/mol. The minimum absolute atomic E-state index is 0.0522. The molecule has 25 heavy (non-hydrogen) atoms. The summed E-state index contributed by atoms with van der Waals surface area (Å²) in [4.78, 5) is 14.9. The Balaban J connectivity index is 1.57. The number of hydrogen-bond acceptors (Lipinski definition) is 4. The standard InChI is InChI=1S/C16H17F3N4O2/c17-16(18,19)25-12-3-1-2-10-13(12)21-22-14(10)15(24)20-11-8-23-6-4-9(11)5-7-23/h1-3,9,11H,4-8H2,(H,20,24)(H,21,22)/t11-/m0/s1. The van der Waals surface area contributed by atoms with Crippen LogP contribution in [-0.2, 0) is 0 Å². The van der Waals surface area contributed by atoms with Crippen molar-refractivity contribution in [3.05, 3.63) is 23.9 Å². The molecule has 2 aromatic rings. The molecule has 9 heteroatoms. The number of amides is 1. The Morgan fingerprint density at radius 3 is 2.72 bits per heavy atom. The number of aromatic amines is 1. The molecule has 0 radical (unpaired) electrons. The first-order valence-electron chi connectivity index (χ1n) is 8.17. The Bertz CT molecular complexity index is 796. The first-order chi connectivity index (χ1) is 11.9. The molecule has 0 unspecified atom stereocenters. The van der Waals surface area contributed by atoms with Crippen LogP contribution in [-0.4, -0.2) is 53.0 Å². The molecular weight excluding hydrogens is 337 g/mol. The second-order valence-corrected chi connectivity index (χ2v) is 6.52. The Kier molecular flexibility index (Phi) is 3.82. The molecule has 2 N–H and O–H groups in total. The van der Waals surface area contributed by atoms with Crippen molar-refractivity contribution < 1.29 is 22.7 Å². The molecule has 5 rings (SSSR count). The fraction of sp³-hybridized carbons (Fsp3) is 0.500. The molecule has 3 aliphatic heterocycles. The van der Waals surface area contributed by atoms with Crippen LogP contribution < -0.4 is 10.1 Å². The summed E-state index contributed by atoms with van der Waals surface area (Å²) in [7, 11) is 0. The number of H-pyrrole nitrogens is 1. The summed E-state index contributed by atoms with van der Waals surface area (Å²) in [5.41, 5.74) is 0.137. The number of alkyl halides is 3. The fourth-order valence-electron chi connectivity index (χ4n) is 3.76. The highest BCUT2D eigenvalue weighted by Gasteiger charge is 2.36. The summed E-state index contributed by atoms with van der Waals surface area (Å²) >= 11 is 0. The van der Waals surface area contributed by atoms with Crippen LogP contribution in [0.3, 0.4) is 0 Å². The van der Waals surface area contributed by atoms with Gasteiger partial charge in [0.25, 0.3) is 5.91 Å². The van der Waals surface area contributed by atoms with Crippen LogP contribution in [0.25, 0.3) is 10.9 Å². The molecule has 3 saturated heterocycles. The van der Waals surface area contributed by atoms with Crippen LogP contribution in [0.5, 0.6) is 5.75 Å². The zero-order valence-corrected chi connectivity index (χ0v) is 13.3. The van der Waals surface area contributed by atoms with E-state index < -0.39 is 12.1 Å². The Labute approximate surface area is 141 Å². The van der Waals surface area contributed by atoms with Gasteiger partial charge in [0.2, 0.25) is 0 Å². The van der Waals surface area contributed by atoms with E-state index in [1.165, 1.54) is 12.1 Å². The number of aromatic nitrogens is 2. The lowest BCUT2D eigenvalue weighted by atomic mass is 9.84. The lowest BCUT2D eigenvalue weighted by Crippen LogP contribution is -2.57. The molecule has 1 atom stereocenters. The third kappa shape index (κ3) is 3.15. The number of nitrogens with zero attached hydrogens (tertiary/aromatic N) is 2. The van der Waals surface area contributed by atoms with Gasteiger partial charge < -0.3 is 15.0 Å². The first kappa shape index (κ1) is 16.2. The summed E-state index contributed by atoms with van der Waals surface area (Å²) in [6, 6.07) is 4.19. The van der Waals surface area contributed by atoms with E-state index in [4.69, 9.17) is 0 Å². The molecule has 1 aromatic carbocycles. The van der Waals surface area contributed by atoms with E-state index in [9.17, 15) is 18.0 Å². The molecule has 134 valence electrons. The van der Waals surface area contributed by atoms with Gasteiger partial charge in [0.05, 0.1) is 0 Å². The van der Waals surface area contributed by atoms with E-state index in [0.717, 1.165) is 32.5 Å². The van der Waals surface area contributed by atoms with Crippen molar-refractivity contribution >= 4 is 16.8 Å². The number of ether oxygens (including phenoxy) is 1. The predicted molar refractivity (Wildman–Crippen MR) is 83.2 cm³/mol. The maximum absolute atomic E-state index is 12.6. The number of hydrogen-bond donors (Lipinski definition) is 2. The van der Waals surface area contributed by atoms with Crippen LogP contribution in [0.1, 0.15) is 23.3 Å². The molecule has 1 amide bonds. The molecule has 2 bridgehead atoms. The molecular formula is C16H17F3N4O2. The van der Waals surface area contributed by atoms with Crippen LogP contribution in [0.4, 0.5) is 13.2 Å². The second-order valence-electron chi connectivity index (χ2n) is 6.52. The summed E-state index contributed by atoms with van der Waals surface area (Å²) in [6.45, 7) is 2.92. The fourth-order valence-corrected chi connectivity index (χ4v) is 3.76. The number of carbonyl (C=O) groups is 1. The number of nitrogens with one attached hydrogen (secondary N) is 2. The smallest absolute Gasteiger partial charge is 0.403 e. The third-order valence-electron chi connectivity index (χ3n) is 4.97. The number of halogens is 3. The number of piperidine rings is 3. The van der Waals surface area contributed by atoms with E-state index >= 15 is 0 Å². The van der Waals surface area contributed by atoms with E-state index in [1.54, 1.807) is 6.07 Å². The van der Waals surface area contributed by atoms with Crippen molar-refractivity contribution in [3.8, 4) is 5.75 Å². The molecule has 3 fully saturated rings. The zero-order chi connectivity index (χ0) is 17.6. The minimum atomic E-state index is -4.81. The van der Waals surface area contributed by atoms with Gasteiger partial charge in [-0.25, -0.2) is 0 Å². The van der Waals surface area contributed by atoms with E-state index in [0.29, 0.717) is 11.3 Å². The Morgan fingerprint density at radius 2 is 2.08 bits per heavy atom. The minimum Gasteiger partial charge on any atom is -0.403 e. The van der Waals surface area contributed by atoms with Gasteiger partial charge in [-0.2, -0.15) is 5.10 Å². The second kappa shape index (κ2) is 5.91. The molecule has 3 aliphatic rings. The Morgan fingerprint density at radius 1 is 1.32 bits per heavy atom. The van der Waals surface area contributed by atoms with Gasteiger partial charge in [-0.15, -0.1) is 13.2 Å². The number of carbonyl (C=O) groups excluding carboxylic acids is 1. The quantitative estimate of drug-likeness (QED) is 0.887. The van der Waals surface area contributed by atoms with Crippen molar-refractivity contribution in [3.63, 3.8) is 0 Å². The molecule has 0 saturated carbocycles. The maximum Gasteiger partial charge on any atom is 0.573 e. The normalized spacial score (nSPS) is 26.0. The van der Waals surface area contributed by atoms with E-state index in [-0.39, 0.29) is 23.2 Å². The van der Waals surface area contributed by atoms with Crippen molar-refractivity contribution in [1.82, 2.24) is 20.4 Å². The topological polar surface area (TPSA) is 70.2 Å². The SMILES string of the molecule is O=C(N[C@H]1CN2CCC1CC2)c1n[nH]c2c(OC(F)(F)F)cccc12. The average Bonchev–Trinajstić information content (AvgIpc) is 3.00. The summed E-state index contributed by atoms with van der Waals surface area (Å²) in [6.07, 6.45) is -2.71. The largest absolute Gasteiger partial charge is 0.573 e. The number of para-hydroxylation sites is 1. The van der Waals surface area contributed by atoms with Crippen LogP contribution in [0.15, 0.2) is 18.2 Å². The summed E-state index contributed by atoms with van der Waals surface area (Å²) in [5, 5.41) is 9.69. The molecule has 4 heterocycles. The van der Waals surface area contributed by atoms with Gasteiger partial charge in [0.1, 0.15) is 5.52 Å². The van der Waals surface area contributed by atoms with Gasteiger partial charge in [-0.1, -0.05) is 12.1 Å². The zero-order valence-electron chi connectivity index (χ0n) is 13.3. The highest BCUT2D eigenvalue weighted by molar-refractivity contribution is 6.06. The summed E-state index contributed by atoms with van der Waals surface area (Å²) in [5.74, 6) is -0.336. The number of benzene rings is 1. The lowest BCUT2D eigenvalue weighted by Gasteiger charge is -2.44. The predicted octanol–water partition coefficient (Wildman–Crippen LogP) is 2.29. The van der Waals surface area contributed by atoms with Crippen LogP contribution in [0.2, 0.25) is 0 Å². The van der Waals surface area contributed by atoms with E-state index in [1.807, 2.05) is 0 Å². The molecule has 0 spiro atoms. The highest BCUT2D eigenvalue weighted by Crippen LogP contribution is 2.31. The van der Waals surface area contributed by atoms with Crippen LogP contribution in [0, 0.1) is 5.92 Å². The van der Waals surface area contributed by atoms with Crippen molar-refractivity contribution in [2.75, 3.05) is 19.6 Å². The number of rotatable bonds is 3. The molecule has 0 aliphatic carbocycles. The van der Waals surface area contributed by atoms with Gasteiger partial charge >= 0.3 is 6.36 Å². The maximum atomic E-state index is 12.6. The number of fused-ring (bicyclic) bond motifs is 4. The van der Waals surface area contributed by atoms with Crippen LogP contribution >= 0.6 is 0 Å². The van der Waals surface area contributed by atoms with Gasteiger partial charge in [0, 0.05) is 18.0 Å². The van der Waals surface area contributed by atoms with Gasteiger partial charge in [-0.05, 0) is 37.9 Å². The highest BCUT2D eigenvalue weighted by atomic mass is 19.4. The Hall–Kier alpha value is -2.29. The van der Waals surface area contributed by atoms with Gasteiger partial charge in [0.15, 0.2) is 11.4 Å². The first-order valence-corrected chi connectivity index (χ1v) is 8.17. The molecule has 6 nitrogen and oxygen atoms in total. The van der Waals surface area contributed by atoms with E-state index in [2.05, 4.69) is 25.2 Å². The van der Waals surface area contributed by atoms with Crippen molar-refractivity contribution in [1.29, 1.82) is 0 Å². The summed E-state index contributed by atoms with van der Waals surface area (Å²) < 4.78 is 41.5. The van der Waals surface area contributed by atoms with Gasteiger partial charge in [-0.3, -0.25) is 9.89 Å². The van der Waals surface area contributed by atoms with Crippen molar-refractivity contribution in [2.24, 2.45) is 5.92 Å². The molecule has 1 aromatic heterocycles. The third-order valence-corrected chi connectivity index (χ3v) is 4.97. The monoisotopic (exact) mass is 354 g/mol.